The van der Waals surface area contributed by atoms with E-state index in [2.05, 4.69) is 36.7 Å². The normalized spacial score (nSPS) is 11.4. The zero-order valence-corrected chi connectivity index (χ0v) is 11.9. The second kappa shape index (κ2) is 6.22. The fourth-order valence-electron chi connectivity index (χ4n) is 2.54. The first kappa shape index (κ1) is 14.1. The Hall–Kier alpha value is -1.32. The number of hydrogen-bond acceptors (Lipinski definition) is 2. The van der Waals surface area contributed by atoms with E-state index in [9.17, 15) is 0 Å². The summed E-state index contributed by atoms with van der Waals surface area (Å²) in [5.41, 5.74) is 10.9. The minimum Gasteiger partial charge on any atom is -0.396 e. The molecule has 0 aliphatic heterocycles. The fourth-order valence-corrected chi connectivity index (χ4v) is 2.54. The lowest BCUT2D eigenvalue weighted by molar-refractivity contribution is 0.288. The average Bonchev–Trinajstić information content (AvgIpc) is 2.72. The van der Waals surface area contributed by atoms with E-state index in [0.717, 1.165) is 32.4 Å². The van der Waals surface area contributed by atoms with Gasteiger partial charge in [0, 0.05) is 30.3 Å². The third-order valence-electron chi connectivity index (χ3n) is 3.79. The van der Waals surface area contributed by atoms with Crippen molar-refractivity contribution in [3.05, 3.63) is 35.0 Å². The van der Waals surface area contributed by atoms with Gasteiger partial charge in [-0.25, -0.2) is 0 Å². The van der Waals surface area contributed by atoms with Crippen LogP contribution in [0.4, 0.5) is 0 Å². The Morgan fingerprint density at radius 1 is 1.16 bits per heavy atom. The van der Waals surface area contributed by atoms with Crippen molar-refractivity contribution >= 4 is 10.9 Å². The predicted molar refractivity (Wildman–Crippen MR) is 80.5 cm³/mol. The molecule has 1 aromatic heterocycles. The van der Waals surface area contributed by atoms with Gasteiger partial charge in [-0.15, -0.1) is 0 Å². The van der Waals surface area contributed by atoms with Crippen molar-refractivity contribution < 1.29 is 5.11 Å². The summed E-state index contributed by atoms with van der Waals surface area (Å²) in [5.74, 6) is 0. The Kier molecular flexibility index (Phi) is 4.61. The molecule has 0 saturated carbocycles. The van der Waals surface area contributed by atoms with Gasteiger partial charge < -0.3 is 15.4 Å². The second-order valence-electron chi connectivity index (χ2n) is 5.27. The first-order valence-corrected chi connectivity index (χ1v) is 7.07. The smallest absolute Gasteiger partial charge is 0.0486 e. The molecule has 2 rings (SSSR count). The van der Waals surface area contributed by atoms with Crippen LogP contribution in [0.15, 0.2) is 18.3 Å². The standard InChI is InChI=1S/C16H24N2O/c1-12-9-15-14(5-3-8-19)11-18(7-4-6-17)16(15)10-13(12)2/h9-11,19H,3-8,17H2,1-2H3. The topological polar surface area (TPSA) is 51.2 Å². The van der Waals surface area contributed by atoms with Crippen molar-refractivity contribution in [1.82, 2.24) is 4.57 Å². The highest BCUT2D eigenvalue weighted by molar-refractivity contribution is 5.85. The number of aryl methyl sites for hydroxylation is 4. The van der Waals surface area contributed by atoms with Crippen molar-refractivity contribution in [2.24, 2.45) is 5.73 Å². The summed E-state index contributed by atoms with van der Waals surface area (Å²) in [4.78, 5) is 0. The van der Waals surface area contributed by atoms with Crippen molar-refractivity contribution in [1.29, 1.82) is 0 Å². The lowest BCUT2D eigenvalue weighted by Gasteiger charge is -2.06. The van der Waals surface area contributed by atoms with Gasteiger partial charge >= 0.3 is 0 Å². The molecule has 0 bridgehead atoms. The molecular weight excluding hydrogens is 236 g/mol. The number of nitrogens with zero attached hydrogens (tertiary/aromatic N) is 1. The molecule has 0 aliphatic rings. The summed E-state index contributed by atoms with van der Waals surface area (Å²) in [5, 5.41) is 10.4. The first-order chi connectivity index (χ1) is 9.17. The van der Waals surface area contributed by atoms with Crippen LogP contribution in [0.2, 0.25) is 0 Å². The summed E-state index contributed by atoms with van der Waals surface area (Å²) < 4.78 is 2.31. The van der Waals surface area contributed by atoms with Gasteiger partial charge in [0.25, 0.3) is 0 Å². The monoisotopic (exact) mass is 260 g/mol. The van der Waals surface area contributed by atoms with Crippen LogP contribution in [-0.4, -0.2) is 22.8 Å². The minimum atomic E-state index is 0.250. The van der Waals surface area contributed by atoms with Gasteiger partial charge in [-0.3, -0.25) is 0 Å². The molecule has 0 aliphatic carbocycles. The molecule has 0 fully saturated rings. The van der Waals surface area contributed by atoms with Crippen molar-refractivity contribution in [2.75, 3.05) is 13.2 Å². The first-order valence-electron chi connectivity index (χ1n) is 7.07. The number of benzene rings is 1. The molecule has 2 aromatic rings. The third-order valence-corrected chi connectivity index (χ3v) is 3.79. The Labute approximate surface area is 115 Å². The lowest BCUT2D eigenvalue weighted by Crippen LogP contribution is -2.04. The highest BCUT2D eigenvalue weighted by atomic mass is 16.2. The van der Waals surface area contributed by atoms with Crippen LogP contribution in [-0.2, 0) is 13.0 Å². The molecule has 3 nitrogen and oxygen atoms in total. The van der Waals surface area contributed by atoms with Crippen LogP contribution in [0, 0.1) is 13.8 Å². The number of nitrogens with two attached hydrogens (primary N) is 1. The van der Waals surface area contributed by atoms with E-state index < -0.39 is 0 Å². The summed E-state index contributed by atoms with van der Waals surface area (Å²) >= 11 is 0. The van der Waals surface area contributed by atoms with Crippen LogP contribution in [0.1, 0.15) is 29.5 Å². The van der Waals surface area contributed by atoms with E-state index in [0.29, 0.717) is 0 Å². The number of rotatable bonds is 6. The molecular formula is C16H24N2O. The summed E-state index contributed by atoms with van der Waals surface area (Å²) in [6.45, 7) is 6.25. The minimum absolute atomic E-state index is 0.250. The number of aliphatic hydroxyl groups is 1. The Bertz CT molecular complexity index is 509. The molecule has 1 heterocycles. The van der Waals surface area contributed by atoms with Gasteiger partial charge in [0.15, 0.2) is 0 Å². The highest BCUT2D eigenvalue weighted by Crippen LogP contribution is 2.26. The molecule has 0 amide bonds. The van der Waals surface area contributed by atoms with Crippen LogP contribution >= 0.6 is 0 Å². The van der Waals surface area contributed by atoms with Crippen LogP contribution in [0.25, 0.3) is 10.9 Å². The molecule has 0 radical (unpaired) electrons. The molecule has 0 spiro atoms. The van der Waals surface area contributed by atoms with E-state index in [4.69, 9.17) is 10.8 Å². The van der Waals surface area contributed by atoms with E-state index >= 15 is 0 Å². The Balaban J connectivity index is 2.46. The van der Waals surface area contributed by atoms with Gasteiger partial charge in [-0.05, 0) is 68.5 Å². The van der Waals surface area contributed by atoms with E-state index in [-0.39, 0.29) is 6.61 Å². The Morgan fingerprint density at radius 2 is 1.89 bits per heavy atom. The van der Waals surface area contributed by atoms with E-state index in [1.807, 2.05) is 0 Å². The third kappa shape index (κ3) is 2.99. The van der Waals surface area contributed by atoms with Crippen molar-refractivity contribution in [3.8, 4) is 0 Å². The second-order valence-corrected chi connectivity index (χ2v) is 5.27. The van der Waals surface area contributed by atoms with Crippen LogP contribution in [0.5, 0.6) is 0 Å². The number of fused-ring (bicyclic) bond motifs is 1. The summed E-state index contributed by atoms with van der Waals surface area (Å²) in [7, 11) is 0. The van der Waals surface area contributed by atoms with Gasteiger partial charge in [-0.1, -0.05) is 0 Å². The summed E-state index contributed by atoms with van der Waals surface area (Å²) in [6.07, 6.45) is 4.99. The zero-order chi connectivity index (χ0) is 13.8. The average molecular weight is 260 g/mol. The van der Waals surface area contributed by atoms with E-state index in [1.165, 1.54) is 27.6 Å². The quantitative estimate of drug-likeness (QED) is 0.838. The number of hydrogen-bond donors (Lipinski definition) is 2. The van der Waals surface area contributed by atoms with Gasteiger partial charge in [0.1, 0.15) is 0 Å². The van der Waals surface area contributed by atoms with Crippen molar-refractivity contribution in [3.63, 3.8) is 0 Å². The molecule has 3 N–H and O–H groups in total. The maximum atomic E-state index is 9.02. The maximum Gasteiger partial charge on any atom is 0.0486 e. The van der Waals surface area contributed by atoms with Crippen molar-refractivity contribution in [2.45, 2.75) is 39.7 Å². The fraction of sp³-hybridized carbons (Fsp3) is 0.500. The molecule has 0 unspecified atom stereocenters. The van der Waals surface area contributed by atoms with Gasteiger partial charge in [-0.2, -0.15) is 0 Å². The van der Waals surface area contributed by atoms with Gasteiger partial charge in [0.05, 0.1) is 0 Å². The van der Waals surface area contributed by atoms with E-state index in [1.54, 1.807) is 0 Å². The zero-order valence-electron chi connectivity index (χ0n) is 11.9. The lowest BCUT2D eigenvalue weighted by atomic mass is 10.0. The van der Waals surface area contributed by atoms with Crippen LogP contribution in [0.3, 0.4) is 0 Å². The molecule has 0 saturated heterocycles. The molecule has 19 heavy (non-hydrogen) atoms. The summed E-state index contributed by atoms with van der Waals surface area (Å²) in [6, 6.07) is 4.54. The largest absolute Gasteiger partial charge is 0.396 e. The van der Waals surface area contributed by atoms with Crippen LogP contribution < -0.4 is 5.73 Å². The predicted octanol–water partition coefficient (Wildman–Crippen LogP) is 2.53. The number of aromatic nitrogens is 1. The number of aliphatic hydroxyl groups excluding tert-OH is 1. The SMILES string of the molecule is Cc1cc2c(CCCO)cn(CCCN)c2cc1C. The molecule has 3 heteroatoms. The molecule has 1 aromatic carbocycles. The maximum absolute atomic E-state index is 9.02. The highest BCUT2D eigenvalue weighted by Gasteiger charge is 2.09. The van der Waals surface area contributed by atoms with Gasteiger partial charge in [0.2, 0.25) is 0 Å². The molecule has 104 valence electrons. The molecule has 0 atom stereocenters. The Morgan fingerprint density at radius 3 is 2.58 bits per heavy atom.